The predicted molar refractivity (Wildman–Crippen MR) is 64.3 cm³/mol. The highest BCUT2D eigenvalue weighted by Gasteiger charge is 2.35. The van der Waals surface area contributed by atoms with Crippen LogP contribution < -0.4 is 0 Å². The number of amides is 1. The Morgan fingerprint density at radius 3 is 2.42 bits per heavy atom. The van der Waals surface area contributed by atoms with Crippen LogP contribution in [-0.4, -0.2) is 39.8 Å². The minimum Gasteiger partial charge on any atom is -0.327 e. The molecule has 1 amide bonds. The Labute approximate surface area is 117 Å². The molecule has 1 rings (SSSR count). The average molecular weight is 316 g/mol. The summed E-state index contributed by atoms with van der Waals surface area (Å²) in [7, 11) is 0. The Hall–Kier alpha value is -1.08. The van der Waals surface area contributed by atoms with E-state index in [1.165, 1.54) is 13.8 Å². The maximum atomic E-state index is 12.4. The second-order valence-corrected chi connectivity index (χ2v) is 4.76. The normalized spacial score (nSPS) is 11.8. The van der Waals surface area contributed by atoms with Crippen LogP contribution in [0.4, 0.5) is 13.2 Å². The van der Waals surface area contributed by atoms with Crippen molar-refractivity contribution >= 4 is 29.1 Å². The number of carbonyl (C=O) groups is 1. The Morgan fingerprint density at radius 1 is 1.37 bits per heavy atom. The van der Waals surface area contributed by atoms with Crippen molar-refractivity contribution in [1.82, 2.24) is 15.1 Å². The second kappa shape index (κ2) is 5.92. The summed E-state index contributed by atoms with van der Waals surface area (Å²) in [4.78, 5) is 12.7. The zero-order valence-electron chi connectivity index (χ0n) is 10.0. The van der Waals surface area contributed by atoms with E-state index in [2.05, 4.69) is 10.2 Å². The van der Waals surface area contributed by atoms with Crippen molar-refractivity contribution in [3.63, 3.8) is 0 Å². The third kappa shape index (κ3) is 4.50. The zero-order chi connectivity index (χ0) is 14.8. The van der Waals surface area contributed by atoms with Gasteiger partial charge in [0.1, 0.15) is 6.54 Å². The molecule has 0 spiro atoms. The number of alkyl halides is 3. The van der Waals surface area contributed by atoms with Crippen molar-refractivity contribution < 1.29 is 18.0 Å². The minimum absolute atomic E-state index is 0.122. The highest BCUT2D eigenvalue weighted by Crippen LogP contribution is 2.23. The average Bonchev–Trinajstić information content (AvgIpc) is 2.27. The SMILES string of the molecule is CC(C)N(CC(F)(F)F)C(=O)c1cc(Cl)nnc1Cl. The summed E-state index contributed by atoms with van der Waals surface area (Å²) in [5.74, 6) is -0.894. The van der Waals surface area contributed by atoms with E-state index in [0.717, 1.165) is 6.07 Å². The van der Waals surface area contributed by atoms with Crippen LogP contribution in [-0.2, 0) is 0 Å². The largest absolute Gasteiger partial charge is 0.406 e. The lowest BCUT2D eigenvalue weighted by molar-refractivity contribution is -0.143. The van der Waals surface area contributed by atoms with Gasteiger partial charge < -0.3 is 4.90 Å². The maximum Gasteiger partial charge on any atom is 0.406 e. The topological polar surface area (TPSA) is 46.1 Å². The third-order valence-electron chi connectivity index (χ3n) is 2.18. The van der Waals surface area contributed by atoms with Gasteiger partial charge in [-0.25, -0.2) is 0 Å². The lowest BCUT2D eigenvalue weighted by Crippen LogP contribution is -2.43. The molecule has 0 aromatic carbocycles. The first-order chi connectivity index (χ1) is 8.61. The summed E-state index contributed by atoms with van der Waals surface area (Å²) in [5.41, 5.74) is -0.209. The van der Waals surface area contributed by atoms with Gasteiger partial charge in [0.15, 0.2) is 10.3 Å². The quantitative estimate of drug-likeness (QED) is 0.860. The summed E-state index contributed by atoms with van der Waals surface area (Å²) in [6.45, 7) is 1.56. The molecule has 0 unspecified atom stereocenters. The summed E-state index contributed by atoms with van der Waals surface area (Å²) < 4.78 is 37.3. The molecular formula is C10H10Cl2F3N3O. The first-order valence-electron chi connectivity index (χ1n) is 5.18. The van der Waals surface area contributed by atoms with E-state index < -0.39 is 24.7 Å². The summed E-state index contributed by atoms with van der Waals surface area (Å²) in [5, 5.41) is 6.37. The number of halogens is 5. The molecule has 0 bridgehead atoms. The number of nitrogens with zero attached hydrogens (tertiary/aromatic N) is 3. The number of carbonyl (C=O) groups excluding carboxylic acids is 1. The Balaban J connectivity index is 3.09. The van der Waals surface area contributed by atoms with Crippen molar-refractivity contribution in [2.75, 3.05) is 6.54 Å². The van der Waals surface area contributed by atoms with Gasteiger partial charge in [-0.15, -0.1) is 10.2 Å². The molecule has 0 aliphatic carbocycles. The molecule has 0 radical (unpaired) electrons. The summed E-state index contributed by atoms with van der Waals surface area (Å²) in [6.07, 6.45) is -4.50. The van der Waals surface area contributed by atoms with Crippen LogP contribution in [0.2, 0.25) is 10.3 Å². The van der Waals surface area contributed by atoms with Gasteiger partial charge in [0, 0.05) is 6.04 Å². The molecule has 19 heavy (non-hydrogen) atoms. The lowest BCUT2D eigenvalue weighted by Gasteiger charge is -2.27. The first-order valence-corrected chi connectivity index (χ1v) is 5.94. The van der Waals surface area contributed by atoms with Gasteiger partial charge >= 0.3 is 6.18 Å². The van der Waals surface area contributed by atoms with Gasteiger partial charge in [0.2, 0.25) is 0 Å². The molecule has 0 fully saturated rings. The number of aromatic nitrogens is 2. The van der Waals surface area contributed by atoms with Crippen LogP contribution in [0.5, 0.6) is 0 Å². The molecular weight excluding hydrogens is 306 g/mol. The van der Waals surface area contributed by atoms with Gasteiger partial charge in [-0.1, -0.05) is 23.2 Å². The van der Waals surface area contributed by atoms with Crippen molar-refractivity contribution in [2.24, 2.45) is 0 Å². The van der Waals surface area contributed by atoms with Crippen LogP contribution in [0, 0.1) is 0 Å². The Kier molecular flexibility index (Phi) is 4.98. The molecule has 0 N–H and O–H groups in total. The van der Waals surface area contributed by atoms with Crippen LogP contribution in [0.25, 0.3) is 0 Å². The highest BCUT2D eigenvalue weighted by atomic mass is 35.5. The molecule has 106 valence electrons. The lowest BCUT2D eigenvalue weighted by atomic mass is 10.2. The van der Waals surface area contributed by atoms with Crippen molar-refractivity contribution in [3.8, 4) is 0 Å². The van der Waals surface area contributed by atoms with E-state index in [4.69, 9.17) is 23.2 Å². The Bertz CT molecular complexity index is 480. The molecule has 0 atom stereocenters. The molecule has 0 saturated heterocycles. The van der Waals surface area contributed by atoms with Gasteiger partial charge in [-0.2, -0.15) is 13.2 Å². The molecule has 4 nitrogen and oxygen atoms in total. The fraction of sp³-hybridized carbons (Fsp3) is 0.500. The van der Waals surface area contributed by atoms with Crippen molar-refractivity contribution in [3.05, 3.63) is 21.9 Å². The van der Waals surface area contributed by atoms with E-state index in [9.17, 15) is 18.0 Å². The standard InChI is InChI=1S/C10H10Cl2F3N3O/c1-5(2)18(4-10(13,14)15)9(19)6-3-7(11)16-17-8(6)12/h3,5H,4H2,1-2H3. The minimum atomic E-state index is -4.50. The monoisotopic (exact) mass is 315 g/mol. The molecule has 0 saturated carbocycles. The molecule has 1 aromatic rings. The van der Waals surface area contributed by atoms with E-state index in [-0.39, 0.29) is 15.9 Å². The highest BCUT2D eigenvalue weighted by molar-refractivity contribution is 6.34. The van der Waals surface area contributed by atoms with Crippen molar-refractivity contribution in [1.29, 1.82) is 0 Å². The van der Waals surface area contributed by atoms with E-state index >= 15 is 0 Å². The molecule has 1 heterocycles. The summed E-state index contributed by atoms with van der Waals surface area (Å²) >= 11 is 11.2. The van der Waals surface area contributed by atoms with E-state index in [0.29, 0.717) is 4.90 Å². The predicted octanol–water partition coefficient (Wildman–Crippen LogP) is 3.20. The van der Waals surface area contributed by atoms with Gasteiger partial charge in [-0.3, -0.25) is 4.79 Å². The number of hydrogen-bond donors (Lipinski definition) is 0. The maximum absolute atomic E-state index is 12.4. The van der Waals surface area contributed by atoms with Gasteiger partial charge in [0.25, 0.3) is 5.91 Å². The van der Waals surface area contributed by atoms with Gasteiger partial charge in [-0.05, 0) is 19.9 Å². The van der Waals surface area contributed by atoms with Crippen LogP contribution in [0.3, 0.4) is 0 Å². The molecule has 0 aliphatic rings. The smallest absolute Gasteiger partial charge is 0.327 e. The fourth-order valence-electron chi connectivity index (χ4n) is 1.34. The van der Waals surface area contributed by atoms with Crippen LogP contribution in [0.1, 0.15) is 24.2 Å². The van der Waals surface area contributed by atoms with Gasteiger partial charge in [0.05, 0.1) is 5.56 Å². The first kappa shape index (κ1) is 16.0. The third-order valence-corrected chi connectivity index (χ3v) is 2.65. The van der Waals surface area contributed by atoms with E-state index in [1.807, 2.05) is 0 Å². The zero-order valence-corrected chi connectivity index (χ0v) is 11.5. The fourth-order valence-corrected chi connectivity index (χ4v) is 1.66. The molecule has 9 heteroatoms. The summed E-state index contributed by atoms with van der Waals surface area (Å²) in [6, 6.07) is 0.433. The molecule has 1 aromatic heterocycles. The molecule has 0 aliphatic heterocycles. The number of rotatable bonds is 3. The second-order valence-electron chi connectivity index (χ2n) is 4.01. The van der Waals surface area contributed by atoms with Crippen LogP contribution >= 0.6 is 23.2 Å². The van der Waals surface area contributed by atoms with Crippen molar-refractivity contribution in [2.45, 2.75) is 26.1 Å². The Morgan fingerprint density at radius 2 is 1.95 bits per heavy atom. The van der Waals surface area contributed by atoms with E-state index in [1.54, 1.807) is 0 Å². The number of hydrogen-bond acceptors (Lipinski definition) is 3. The van der Waals surface area contributed by atoms with Crippen LogP contribution in [0.15, 0.2) is 6.07 Å².